The standard InChI is InChI=1S/C14H22ClN3/c1-14(2)10-18(7-6-17(14)3)13-5-4-12(15)8-11(13)9-16/h4-5,8H,6-7,9-10,16H2,1-3H3. The Bertz CT molecular complexity index is 431. The van der Waals surface area contributed by atoms with Crippen LogP contribution < -0.4 is 10.6 Å². The highest BCUT2D eigenvalue weighted by atomic mass is 35.5. The molecule has 1 aromatic rings. The third kappa shape index (κ3) is 2.63. The number of hydrogen-bond acceptors (Lipinski definition) is 3. The van der Waals surface area contributed by atoms with Gasteiger partial charge in [-0.2, -0.15) is 0 Å². The summed E-state index contributed by atoms with van der Waals surface area (Å²) in [7, 11) is 2.18. The molecule has 2 N–H and O–H groups in total. The third-order valence-corrected chi connectivity index (χ3v) is 4.15. The largest absolute Gasteiger partial charge is 0.368 e. The quantitative estimate of drug-likeness (QED) is 0.893. The zero-order valence-corrected chi connectivity index (χ0v) is 12.2. The van der Waals surface area contributed by atoms with Crippen molar-refractivity contribution in [2.24, 2.45) is 5.73 Å². The van der Waals surface area contributed by atoms with Gasteiger partial charge in [0.1, 0.15) is 0 Å². The van der Waals surface area contributed by atoms with Crippen LogP contribution in [0.3, 0.4) is 0 Å². The van der Waals surface area contributed by atoms with Crippen LogP contribution in [0.2, 0.25) is 5.02 Å². The van der Waals surface area contributed by atoms with Crippen LogP contribution in [-0.4, -0.2) is 37.1 Å². The molecule has 0 aromatic heterocycles. The molecule has 3 nitrogen and oxygen atoms in total. The highest BCUT2D eigenvalue weighted by molar-refractivity contribution is 6.30. The van der Waals surface area contributed by atoms with Gasteiger partial charge >= 0.3 is 0 Å². The molecule has 0 spiro atoms. The van der Waals surface area contributed by atoms with E-state index in [1.54, 1.807) is 0 Å². The van der Waals surface area contributed by atoms with Gasteiger partial charge in [-0.05, 0) is 44.7 Å². The molecule has 0 amide bonds. The molecular weight excluding hydrogens is 246 g/mol. The number of piperazine rings is 1. The molecule has 1 fully saturated rings. The molecule has 0 atom stereocenters. The van der Waals surface area contributed by atoms with E-state index in [1.165, 1.54) is 5.69 Å². The molecule has 1 aliphatic rings. The molecule has 1 aromatic carbocycles. The lowest BCUT2D eigenvalue weighted by atomic mass is 9.98. The number of halogens is 1. The van der Waals surface area contributed by atoms with Crippen LogP contribution >= 0.6 is 11.6 Å². The van der Waals surface area contributed by atoms with Crippen molar-refractivity contribution < 1.29 is 0 Å². The molecule has 1 heterocycles. The number of anilines is 1. The first-order chi connectivity index (χ1) is 8.44. The zero-order valence-electron chi connectivity index (χ0n) is 11.4. The highest BCUT2D eigenvalue weighted by Gasteiger charge is 2.31. The summed E-state index contributed by atoms with van der Waals surface area (Å²) in [6.07, 6.45) is 0. The Labute approximate surface area is 115 Å². The van der Waals surface area contributed by atoms with Gasteiger partial charge in [0.05, 0.1) is 0 Å². The normalized spacial score (nSPS) is 20.2. The fraction of sp³-hybridized carbons (Fsp3) is 0.571. The number of benzene rings is 1. The second kappa shape index (κ2) is 5.08. The highest BCUT2D eigenvalue weighted by Crippen LogP contribution is 2.28. The van der Waals surface area contributed by atoms with E-state index in [1.807, 2.05) is 12.1 Å². The second-order valence-corrected chi connectivity index (χ2v) is 6.07. The van der Waals surface area contributed by atoms with Crippen LogP contribution in [0.1, 0.15) is 19.4 Å². The minimum Gasteiger partial charge on any atom is -0.368 e. The van der Waals surface area contributed by atoms with Crippen LogP contribution in [0, 0.1) is 0 Å². The van der Waals surface area contributed by atoms with Crippen molar-refractivity contribution in [1.82, 2.24) is 4.90 Å². The van der Waals surface area contributed by atoms with Crippen molar-refractivity contribution in [1.29, 1.82) is 0 Å². The Hall–Kier alpha value is -0.770. The molecule has 0 aliphatic carbocycles. The topological polar surface area (TPSA) is 32.5 Å². The number of nitrogens with zero attached hydrogens (tertiary/aromatic N) is 2. The molecule has 0 bridgehead atoms. The van der Waals surface area contributed by atoms with E-state index in [-0.39, 0.29) is 5.54 Å². The minimum atomic E-state index is 0.184. The summed E-state index contributed by atoms with van der Waals surface area (Å²) in [4.78, 5) is 4.82. The van der Waals surface area contributed by atoms with E-state index in [2.05, 4.69) is 36.8 Å². The van der Waals surface area contributed by atoms with Crippen molar-refractivity contribution in [2.75, 3.05) is 31.6 Å². The van der Waals surface area contributed by atoms with E-state index in [9.17, 15) is 0 Å². The summed E-state index contributed by atoms with van der Waals surface area (Å²) in [5.74, 6) is 0. The Balaban J connectivity index is 2.27. The van der Waals surface area contributed by atoms with E-state index in [4.69, 9.17) is 17.3 Å². The van der Waals surface area contributed by atoms with Crippen molar-refractivity contribution >= 4 is 17.3 Å². The van der Waals surface area contributed by atoms with E-state index in [0.29, 0.717) is 6.54 Å². The molecule has 4 heteroatoms. The first-order valence-electron chi connectivity index (χ1n) is 6.39. The van der Waals surface area contributed by atoms with Gasteiger partial charge in [-0.1, -0.05) is 11.6 Å². The van der Waals surface area contributed by atoms with Gasteiger partial charge < -0.3 is 10.6 Å². The third-order valence-electron chi connectivity index (χ3n) is 3.92. The molecule has 2 rings (SSSR count). The van der Waals surface area contributed by atoms with Gasteiger partial charge in [-0.25, -0.2) is 0 Å². The smallest absolute Gasteiger partial charge is 0.0413 e. The number of likely N-dealkylation sites (N-methyl/N-ethyl adjacent to an activating group) is 1. The molecule has 0 unspecified atom stereocenters. The molecule has 0 radical (unpaired) electrons. The summed E-state index contributed by atoms with van der Waals surface area (Å²) in [5, 5.41) is 0.757. The molecule has 1 aliphatic heterocycles. The summed E-state index contributed by atoms with van der Waals surface area (Å²) >= 11 is 6.03. The number of rotatable bonds is 2. The SMILES string of the molecule is CN1CCN(c2ccc(Cl)cc2CN)CC1(C)C. The lowest BCUT2D eigenvalue weighted by Gasteiger charge is -2.46. The van der Waals surface area contributed by atoms with Crippen LogP contribution in [0.5, 0.6) is 0 Å². The van der Waals surface area contributed by atoms with E-state index >= 15 is 0 Å². The predicted molar refractivity (Wildman–Crippen MR) is 78.3 cm³/mol. The Kier molecular flexibility index (Phi) is 3.85. The van der Waals surface area contributed by atoms with Crippen molar-refractivity contribution in [2.45, 2.75) is 25.9 Å². The predicted octanol–water partition coefficient (Wildman–Crippen LogP) is 2.33. The zero-order chi connectivity index (χ0) is 13.3. The van der Waals surface area contributed by atoms with Crippen molar-refractivity contribution in [3.8, 4) is 0 Å². The summed E-state index contributed by atoms with van der Waals surface area (Å²) < 4.78 is 0. The lowest BCUT2D eigenvalue weighted by Crippen LogP contribution is -2.57. The van der Waals surface area contributed by atoms with Crippen LogP contribution in [0.25, 0.3) is 0 Å². The van der Waals surface area contributed by atoms with Crippen molar-refractivity contribution in [3.05, 3.63) is 28.8 Å². The molecule has 100 valence electrons. The van der Waals surface area contributed by atoms with Gasteiger partial charge in [0.25, 0.3) is 0 Å². The molecule has 1 saturated heterocycles. The fourth-order valence-corrected chi connectivity index (χ4v) is 2.67. The first kappa shape index (κ1) is 13.7. The van der Waals surface area contributed by atoms with E-state index < -0.39 is 0 Å². The van der Waals surface area contributed by atoms with Crippen molar-refractivity contribution in [3.63, 3.8) is 0 Å². The summed E-state index contributed by atoms with van der Waals surface area (Å²) in [6.45, 7) is 8.20. The summed E-state index contributed by atoms with van der Waals surface area (Å²) in [6, 6.07) is 6.01. The molecule has 18 heavy (non-hydrogen) atoms. The van der Waals surface area contributed by atoms with E-state index in [0.717, 1.165) is 30.2 Å². The molecular formula is C14H22ClN3. The Morgan fingerprint density at radius 2 is 2.06 bits per heavy atom. The van der Waals surface area contributed by atoms with Gasteiger partial charge in [0.2, 0.25) is 0 Å². The molecule has 0 saturated carbocycles. The minimum absolute atomic E-state index is 0.184. The fourth-order valence-electron chi connectivity index (χ4n) is 2.47. The lowest BCUT2D eigenvalue weighted by molar-refractivity contribution is 0.139. The first-order valence-corrected chi connectivity index (χ1v) is 6.76. The maximum absolute atomic E-state index is 6.03. The number of hydrogen-bond donors (Lipinski definition) is 1. The summed E-state index contributed by atoms with van der Waals surface area (Å²) in [5.41, 5.74) is 8.36. The van der Waals surface area contributed by atoms with Gasteiger partial charge in [-0.15, -0.1) is 0 Å². The Morgan fingerprint density at radius 3 is 2.67 bits per heavy atom. The van der Waals surface area contributed by atoms with Crippen LogP contribution in [0.4, 0.5) is 5.69 Å². The van der Waals surface area contributed by atoms with Gasteiger partial charge in [0, 0.05) is 42.4 Å². The Morgan fingerprint density at radius 1 is 1.33 bits per heavy atom. The average molecular weight is 268 g/mol. The van der Waals surface area contributed by atoms with Gasteiger partial charge in [0.15, 0.2) is 0 Å². The maximum atomic E-state index is 6.03. The van der Waals surface area contributed by atoms with Crippen LogP contribution in [-0.2, 0) is 6.54 Å². The number of nitrogens with two attached hydrogens (primary N) is 1. The monoisotopic (exact) mass is 267 g/mol. The maximum Gasteiger partial charge on any atom is 0.0413 e. The van der Waals surface area contributed by atoms with Gasteiger partial charge in [-0.3, -0.25) is 4.90 Å². The second-order valence-electron chi connectivity index (χ2n) is 5.63. The van der Waals surface area contributed by atoms with Crippen LogP contribution in [0.15, 0.2) is 18.2 Å². The average Bonchev–Trinajstić information content (AvgIpc) is 2.32.